The summed E-state index contributed by atoms with van der Waals surface area (Å²) < 4.78 is 0. The summed E-state index contributed by atoms with van der Waals surface area (Å²) in [6.45, 7) is 6.54. The van der Waals surface area contributed by atoms with Gasteiger partial charge in [-0.25, -0.2) is 4.79 Å². The molecule has 1 aliphatic heterocycles. The van der Waals surface area contributed by atoms with Crippen LogP contribution < -0.4 is 5.32 Å². The highest BCUT2D eigenvalue weighted by atomic mass is 16.2. The number of aromatic nitrogens is 1. The summed E-state index contributed by atoms with van der Waals surface area (Å²) in [6, 6.07) is 7.63. The van der Waals surface area contributed by atoms with Gasteiger partial charge in [-0.3, -0.25) is 0 Å². The summed E-state index contributed by atoms with van der Waals surface area (Å²) in [5.41, 5.74) is 5.93. The number of rotatable bonds is 4. The molecule has 30 heavy (non-hydrogen) atoms. The normalized spacial score (nSPS) is 26.7. The number of carbonyl (C=O) groups is 1. The van der Waals surface area contributed by atoms with E-state index in [2.05, 4.69) is 40.4 Å². The number of H-pyrrole nitrogens is 1. The van der Waals surface area contributed by atoms with Gasteiger partial charge in [0.25, 0.3) is 0 Å². The van der Waals surface area contributed by atoms with Crippen LogP contribution in [0.3, 0.4) is 0 Å². The Morgan fingerprint density at radius 3 is 2.73 bits per heavy atom. The van der Waals surface area contributed by atoms with E-state index >= 15 is 0 Å². The Morgan fingerprint density at radius 2 is 2.00 bits per heavy atom. The van der Waals surface area contributed by atoms with E-state index < -0.39 is 0 Å². The van der Waals surface area contributed by atoms with Gasteiger partial charge in [-0.2, -0.15) is 0 Å². The van der Waals surface area contributed by atoms with Crippen molar-refractivity contribution in [2.75, 3.05) is 26.7 Å². The summed E-state index contributed by atoms with van der Waals surface area (Å²) in [4.78, 5) is 20.9. The maximum Gasteiger partial charge on any atom is 0.317 e. The third-order valence-electron chi connectivity index (χ3n) is 8.02. The number of urea groups is 1. The zero-order valence-corrected chi connectivity index (χ0v) is 18.7. The molecule has 1 aromatic carbocycles. The van der Waals surface area contributed by atoms with Crippen molar-refractivity contribution in [3.05, 3.63) is 35.0 Å². The van der Waals surface area contributed by atoms with E-state index in [1.54, 1.807) is 5.56 Å². The Labute approximate surface area is 180 Å². The van der Waals surface area contributed by atoms with Gasteiger partial charge in [0.1, 0.15) is 0 Å². The number of nitrogens with one attached hydrogen (secondary N) is 2. The highest BCUT2D eigenvalue weighted by Crippen LogP contribution is 2.47. The summed E-state index contributed by atoms with van der Waals surface area (Å²) in [5.74, 6) is 1.20. The van der Waals surface area contributed by atoms with Crippen LogP contribution in [0.25, 0.3) is 10.9 Å². The number of hydrogen-bond acceptors (Lipinski definition) is 2. The number of likely N-dealkylation sites (tertiary alicyclic amines) is 1. The van der Waals surface area contributed by atoms with E-state index in [0.29, 0.717) is 17.9 Å². The maximum atomic E-state index is 12.7. The molecule has 162 valence electrons. The van der Waals surface area contributed by atoms with Crippen LogP contribution in [0.1, 0.15) is 74.6 Å². The maximum absolute atomic E-state index is 12.7. The first-order valence-electron chi connectivity index (χ1n) is 12.0. The number of fused-ring (bicyclic) bond motifs is 2. The van der Waals surface area contributed by atoms with Gasteiger partial charge >= 0.3 is 6.03 Å². The number of benzene rings is 1. The molecule has 0 bridgehead atoms. The van der Waals surface area contributed by atoms with Crippen molar-refractivity contribution in [1.29, 1.82) is 0 Å². The number of nitrogens with zero attached hydrogens (tertiary/aromatic N) is 2. The second-order valence-corrected chi connectivity index (χ2v) is 9.64. The first-order chi connectivity index (χ1) is 14.6. The monoisotopic (exact) mass is 408 g/mol. The van der Waals surface area contributed by atoms with Crippen molar-refractivity contribution in [1.82, 2.24) is 20.1 Å². The smallest absolute Gasteiger partial charge is 0.317 e. The lowest BCUT2D eigenvalue weighted by Crippen LogP contribution is -2.56. The van der Waals surface area contributed by atoms with Crippen molar-refractivity contribution in [2.24, 2.45) is 0 Å². The number of amides is 2. The van der Waals surface area contributed by atoms with Gasteiger partial charge in [-0.05, 0) is 69.7 Å². The molecule has 2 unspecified atom stereocenters. The minimum absolute atomic E-state index is 0.0803. The molecule has 2 N–H and O–H groups in total. The quantitative estimate of drug-likeness (QED) is 0.777. The molecule has 5 nitrogen and oxygen atoms in total. The number of carbonyl (C=O) groups excluding carboxylic acids is 1. The molecule has 1 saturated heterocycles. The lowest BCUT2D eigenvalue weighted by atomic mass is 9.73. The van der Waals surface area contributed by atoms with Crippen molar-refractivity contribution in [2.45, 2.75) is 76.3 Å². The van der Waals surface area contributed by atoms with Crippen LogP contribution in [0.4, 0.5) is 4.79 Å². The van der Waals surface area contributed by atoms with Crippen LogP contribution in [0, 0.1) is 0 Å². The molecular formula is C25H36N4O. The third-order valence-corrected chi connectivity index (χ3v) is 8.02. The first-order valence-corrected chi connectivity index (χ1v) is 12.0. The molecule has 5 rings (SSSR count). The highest BCUT2D eigenvalue weighted by molar-refractivity contribution is 5.90. The van der Waals surface area contributed by atoms with E-state index in [-0.39, 0.29) is 12.1 Å². The Bertz CT molecular complexity index is 925. The number of aromatic amines is 1. The van der Waals surface area contributed by atoms with E-state index in [9.17, 15) is 4.79 Å². The van der Waals surface area contributed by atoms with Crippen LogP contribution in [0.15, 0.2) is 18.2 Å². The fourth-order valence-electron chi connectivity index (χ4n) is 6.50. The fraction of sp³-hybridized carbons (Fsp3) is 0.640. The molecule has 5 heteroatoms. The molecule has 2 amide bonds. The van der Waals surface area contributed by atoms with Crippen molar-refractivity contribution >= 4 is 16.9 Å². The Balaban J connectivity index is 1.46. The van der Waals surface area contributed by atoms with Crippen molar-refractivity contribution in [3.8, 4) is 0 Å². The summed E-state index contributed by atoms with van der Waals surface area (Å²) >= 11 is 0. The standard InChI is InChI=1S/C25H36N4O/c1-4-29(5-2)25(30)26-17-13-19-18-11-8-12-21-23(18)20(14-22(19)28(3)15-17)24(27-21)16-9-6-7-10-16/h8,11-12,16-17,19,22,27H,4-7,9-10,13-15H2,1-3H3,(H,26,30)/t17?,19?,22-/m0/s1. The van der Waals surface area contributed by atoms with Crippen LogP contribution in [-0.4, -0.2) is 59.6 Å². The third kappa shape index (κ3) is 3.22. The second kappa shape index (κ2) is 7.92. The summed E-state index contributed by atoms with van der Waals surface area (Å²) in [6.07, 6.45) is 7.57. The van der Waals surface area contributed by atoms with Gasteiger partial charge in [0.15, 0.2) is 0 Å². The number of piperidine rings is 1. The largest absolute Gasteiger partial charge is 0.358 e. The molecule has 0 spiro atoms. The Morgan fingerprint density at radius 1 is 1.23 bits per heavy atom. The van der Waals surface area contributed by atoms with Gasteiger partial charge in [0, 0.05) is 54.2 Å². The fourth-order valence-corrected chi connectivity index (χ4v) is 6.50. The molecule has 2 aromatic rings. The molecule has 2 aliphatic carbocycles. The Hall–Kier alpha value is -2.01. The molecule has 3 atom stereocenters. The topological polar surface area (TPSA) is 51.4 Å². The molecule has 0 radical (unpaired) electrons. The summed E-state index contributed by atoms with van der Waals surface area (Å²) in [5, 5.41) is 4.82. The van der Waals surface area contributed by atoms with Crippen LogP contribution >= 0.6 is 0 Å². The average molecular weight is 409 g/mol. The molecule has 1 aromatic heterocycles. The second-order valence-electron chi connectivity index (χ2n) is 9.64. The molecule has 2 fully saturated rings. The number of likely N-dealkylation sites (N-methyl/N-ethyl adjacent to an activating group) is 1. The zero-order chi connectivity index (χ0) is 20.8. The van der Waals surface area contributed by atoms with E-state index in [1.807, 2.05) is 18.7 Å². The molecular weight excluding hydrogens is 372 g/mol. The zero-order valence-electron chi connectivity index (χ0n) is 18.7. The predicted molar refractivity (Wildman–Crippen MR) is 122 cm³/mol. The van der Waals surface area contributed by atoms with Gasteiger partial charge < -0.3 is 20.1 Å². The Kier molecular flexibility index (Phi) is 5.26. The van der Waals surface area contributed by atoms with E-state index in [0.717, 1.165) is 32.5 Å². The SMILES string of the molecule is CCN(CC)C(=O)NC1CC2c3cccc4[nH]c(C5CCCC5)c(c34)C[C@@H]2N(C)C1. The van der Waals surface area contributed by atoms with Crippen LogP contribution in [0.5, 0.6) is 0 Å². The van der Waals surface area contributed by atoms with Crippen molar-refractivity contribution < 1.29 is 4.79 Å². The average Bonchev–Trinajstić information content (AvgIpc) is 3.39. The first kappa shape index (κ1) is 19.9. The number of hydrogen-bond donors (Lipinski definition) is 2. The molecule has 3 aliphatic rings. The molecule has 1 saturated carbocycles. The lowest BCUT2D eigenvalue weighted by Gasteiger charge is -2.46. The van der Waals surface area contributed by atoms with E-state index in [1.165, 1.54) is 47.8 Å². The van der Waals surface area contributed by atoms with Crippen molar-refractivity contribution in [3.63, 3.8) is 0 Å². The minimum atomic E-state index is 0.0803. The van der Waals surface area contributed by atoms with Gasteiger partial charge in [0.2, 0.25) is 0 Å². The molecule has 2 heterocycles. The lowest BCUT2D eigenvalue weighted by molar-refractivity contribution is 0.124. The predicted octanol–water partition coefficient (Wildman–Crippen LogP) is 4.59. The van der Waals surface area contributed by atoms with E-state index in [4.69, 9.17) is 0 Å². The van der Waals surface area contributed by atoms with Gasteiger partial charge in [-0.1, -0.05) is 25.0 Å². The summed E-state index contributed by atoms with van der Waals surface area (Å²) in [7, 11) is 2.25. The van der Waals surface area contributed by atoms with Crippen LogP contribution in [0.2, 0.25) is 0 Å². The highest BCUT2D eigenvalue weighted by Gasteiger charge is 2.41. The van der Waals surface area contributed by atoms with Crippen LogP contribution in [-0.2, 0) is 6.42 Å². The van der Waals surface area contributed by atoms with Gasteiger partial charge in [0.05, 0.1) is 0 Å². The van der Waals surface area contributed by atoms with Gasteiger partial charge in [-0.15, -0.1) is 0 Å². The minimum Gasteiger partial charge on any atom is -0.358 e.